The second-order valence-corrected chi connectivity index (χ2v) is 10.7. The second kappa shape index (κ2) is 8.99. The van der Waals surface area contributed by atoms with Gasteiger partial charge >= 0.3 is 5.97 Å². The summed E-state index contributed by atoms with van der Waals surface area (Å²) in [6.45, 7) is 7.68. The third-order valence-electron chi connectivity index (χ3n) is 4.40. The van der Waals surface area contributed by atoms with E-state index >= 15 is 0 Å². The van der Waals surface area contributed by atoms with Crippen molar-refractivity contribution in [3.05, 3.63) is 46.2 Å². The number of nitrogens with one attached hydrogen (secondary N) is 1. The van der Waals surface area contributed by atoms with Gasteiger partial charge < -0.3 is 4.74 Å². The summed E-state index contributed by atoms with van der Waals surface area (Å²) in [4.78, 5) is 12.7. The van der Waals surface area contributed by atoms with Crippen molar-refractivity contribution < 1.29 is 13.7 Å². The molecule has 2 aromatic rings. The molecule has 0 saturated heterocycles. The summed E-state index contributed by atoms with van der Waals surface area (Å²) >= 11 is 1.54. The van der Waals surface area contributed by atoms with Gasteiger partial charge in [0.2, 0.25) is 0 Å². The van der Waals surface area contributed by atoms with Crippen LogP contribution in [0.2, 0.25) is 0 Å². The highest BCUT2D eigenvalue weighted by Crippen LogP contribution is 2.36. The van der Waals surface area contributed by atoms with Crippen LogP contribution in [-0.4, -0.2) is 22.0 Å². The number of methoxy groups -OCH3 is 1. The number of benzene rings is 1. The van der Waals surface area contributed by atoms with Crippen LogP contribution in [0.4, 0.5) is 0 Å². The van der Waals surface area contributed by atoms with Crippen LogP contribution < -0.4 is 4.72 Å². The van der Waals surface area contributed by atoms with E-state index < -0.39 is 21.3 Å². The molecule has 0 amide bonds. The lowest BCUT2D eigenvalue weighted by molar-refractivity contribution is -0.141. The van der Waals surface area contributed by atoms with Crippen LogP contribution in [0.15, 0.2) is 35.7 Å². The monoisotopic (exact) mass is 418 g/mol. The topological polar surface area (TPSA) is 79.2 Å². The summed E-state index contributed by atoms with van der Waals surface area (Å²) in [5.41, 5.74) is 1.89. The lowest BCUT2D eigenvalue weighted by Gasteiger charge is -2.32. The van der Waals surface area contributed by atoms with Crippen LogP contribution in [-0.2, 0) is 26.1 Å². The molecule has 0 fully saturated rings. The molecule has 0 spiro atoms. The maximum Gasteiger partial charge on any atom is 0.305 e. The minimum absolute atomic E-state index is 0.221. The van der Waals surface area contributed by atoms with Crippen LogP contribution in [0.1, 0.15) is 51.0 Å². The standard InChI is InChI=1S/C21H26N2O3S2/c1-20(2,3)28(25)23-21(4,10-9-19(24)26-5)18-12-17(14-27-18)16-8-6-7-15(11-16)13-22/h6-8,11-12,14,23H,9-10H2,1-5H3/t21-,28?/m0/s1. The summed E-state index contributed by atoms with van der Waals surface area (Å²) in [6.07, 6.45) is 0.679. The minimum atomic E-state index is -1.30. The quantitative estimate of drug-likeness (QED) is 0.671. The average molecular weight is 419 g/mol. The van der Waals surface area contributed by atoms with Gasteiger partial charge in [-0.2, -0.15) is 5.26 Å². The fraction of sp³-hybridized carbons (Fsp3) is 0.429. The summed E-state index contributed by atoms with van der Waals surface area (Å²) in [5, 5.41) is 11.1. The fourth-order valence-corrected chi connectivity index (χ4v) is 4.64. The molecule has 5 nitrogen and oxygen atoms in total. The number of nitriles is 1. The molecule has 0 saturated carbocycles. The van der Waals surface area contributed by atoms with E-state index in [4.69, 9.17) is 10.00 Å². The first-order valence-electron chi connectivity index (χ1n) is 8.95. The van der Waals surface area contributed by atoms with Gasteiger partial charge in [0.15, 0.2) is 0 Å². The third kappa shape index (κ3) is 5.51. The zero-order valence-electron chi connectivity index (χ0n) is 16.9. The van der Waals surface area contributed by atoms with E-state index in [0.29, 0.717) is 12.0 Å². The number of hydrogen-bond donors (Lipinski definition) is 1. The second-order valence-electron chi connectivity index (χ2n) is 7.78. The third-order valence-corrected chi connectivity index (χ3v) is 7.34. The first-order chi connectivity index (χ1) is 13.1. The van der Waals surface area contributed by atoms with Gasteiger partial charge in [-0.1, -0.05) is 12.1 Å². The lowest BCUT2D eigenvalue weighted by atomic mass is 9.94. The molecule has 2 atom stereocenters. The largest absolute Gasteiger partial charge is 0.469 e. The van der Waals surface area contributed by atoms with Crippen LogP contribution in [0, 0.1) is 11.3 Å². The molecule has 1 N–H and O–H groups in total. The summed E-state index contributed by atoms with van der Waals surface area (Å²) in [5.74, 6) is -0.298. The van der Waals surface area contributed by atoms with Gasteiger partial charge in [-0.05, 0) is 68.8 Å². The van der Waals surface area contributed by atoms with Crippen molar-refractivity contribution in [3.63, 3.8) is 0 Å². The molecule has 1 heterocycles. The zero-order valence-corrected chi connectivity index (χ0v) is 18.5. The molecule has 150 valence electrons. The number of hydrogen-bond acceptors (Lipinski definition) is 5. The molecule has 0 radical (unpaired) electrons. The Morgan fingerprint density at radius 2 is 1.96 bits per heavy atom. The summed E-state index contributed by atoms with van der Waals surface area (Å²) in [6, 6.07) is 11.6. The van der Waals surface area contributed by atoms with Gasteiger partial charge in [0.25, 0.3) is 0 Å². The highest BCUT2D eigenvalue weighted by atomic mass is 32.2. The Bertz CT molecular complexity index is 909. The highest BCUT2D eigenvalue weighted by molar-refractivity contribution is 7.84. The van der Waals surface area contributed by atoms with Gasteiger partial charge in [-0.25, -0.2) is 8.93 Å². The maximum absolute atomic E-state index is 12.8. The first kappa shape index (κ1) is 22.3. The Morgan fingerprint density at radius 3 is 2.57 bits per heavy atom. The molecular formula is C21H26N2O3S2. The van der Waals surface area contributed by atoms with E-state index in [2.05, 4.69) is 10.8 Å². The van der Waals surface area contributed by atoms with Crippen LogP contribution >= 0.6 is 11.3 Å². The van der Waals surface area contributed by atoms with Crippen molar-refractivity contribution in [2.24, 2.45) is 0 Å². The molecule has 0 aliphatic heterocycles. The number of carbonyl (C=O) groups excluding carboxylic acids is 1. The van der Waals surface area contributed by atoms with E-state index in [1.165, 1.54) is 7.11 Å². The summed E-state index contributed by atoms with van der Waals surface area (Å²) < 4.78 is 20.4. The zero-order chi connectivity index (χ0) is 20.9. The van der Waals surface area contributed by atoms with Crippen molar-refractivity contribution >= 4 is 28.3 Å². The van der Waals surface area contributed by atoms with Gasteiger partial charge in [0, 0.05) is 11.3 Å². The smallest absolute Gasteiger partial charge is 0.305 e. The Kier molecular flexibility index (Phi) is 7.16. The molecule has 0 aliphatic carbocycles. The lowest BCUT2D eigenvalue weighted by Crippen LogP contribution is -2.46. The van der Waals surface area contributed by atoms with Gasteiger partial charge in [0.1, 0.15) is 0 Å². The van der Waals surface area contributed by atoms with Gasteiger partial charge in [0.05, 0.1) is 40.0 Å². The molecule has 7 heteroatoms. The molecule has 2 rings (SSSR count). The van der Waals surface area contributed by atoms with Crippen molar-refractivity contribution in [1.82, 2.24) is 4.72 Å². The van der Waals surface area contributed by atoms with Crippen molar-refractivity contribution in [2.75, 3.05) is 7.11 Å². The molecule has 0 bridgehead atoms. The van der Waals surface area contributed by atoms with E-state index in [1.54, 1.807) is 17.4 Å². The van der Waals surface area contributed by atoms with Crippen molar-refractivity contribution in [1.29, 1.82) is 5.26 Å². The number of thiophene rings is 1. The molecule has 1 unspecified atom stereocenters. The van der Waals surface area contributed by atoms with Crippen molar-refractivity contribution in [2.45, 2.75) is 50.8 Å². The molecule has 1 aromatic carbocycles. The van der Waals surface area contributed by atoms with Crippen molar-refractivity contribution in [3.8, 4) is 17.2 Å². The summed E-state index contributed by atoms with van der Waals surface area (Å²) in [7, 11) is 0.0642. The number of carbonyl (C=O) groups is 1. The van der Waals surface area contributed by atoms with E-state index in [0.717, 1.165) is 16.0 Å². The van der Waals surface area contributed by atoms with Crippen LogP contribution in [0.25, 0.3) is 11.1 Å². The number of esters is 1. The predicted molar refractivity (Wildman–Crippen MR) is 114 cm³/mol. The highest BCUT2D eigenvalue weighted by Gasteiger charge is 2.34. The normalized spacial score (nSPS) is 14.7. The SMILES string of the molecule is COC(=O)CC[C@](C)(NS(=O)C(C)(C)C)c1cc(-c2cccc(C#N)c2)cs1. The van der Waals surface area contributed by atoms with Crippen LogP contribution in [0.3, 0.4) is 0 Å². The number of rotatable bonds is 7. The Labute approximate surface area is 173 Å². The Hall–Kier alpha value is -2.01. The molecule has 1 aromatic heterocycles. The maximum atomic E-state index is 12.8. The fourth-order valence-electron chi connectivity index (χ4n) is 2.58. The molecule has 0 aliphatic rings. The molecular weight excluding hydrogens is 392 g/mol. The Morgan fingerprint density at radius 1 is 1.25 bits per heavy atom. The van der Waals surface area contributed by atoms with Gasteiger partial charge in [-0.3, -0.25) is 4.79 Å². The molecule has 28 heavy (non-hydrogen) atoms. The van der Waals surface area contributed by atoms with Gasteiger partial charge in [-0.15, -0.1) is 11.3 Å². The van der Waals surface area contributed by atoms with E-state index in [9.17, 15) is 9.00 Å². The number of nitrogens with zero attached hydrogens (tertiary/aromatic N) is 1. The van der Waals surface area contributed by atoms with E-state index in [1.807, 2.05) is 57.3 Å². The van der Waals surface area contributed by atoms with Crippen LogP contribution in [0.5, 0.6) is 0 Å². The number of ether oxygens (including phenoxy) is 1. The predicted octanol–water partition coefficient (Wildman–Crippen LogP) is 4.51. The average Bonchev–Trinajstić information content (AvgIpc) is 3.16. The minimum Gasteiger partial charge on any atom is -0.469 e. The first-order valence-corrected chi connectivity index (χ1v) is 11.0. The van der Waals surface area contributed by atoms with E-state index in [-0.39, 0.29) is 12.4 Å². The Balaban J connectivity index is 2.37.